The van der Waals surface area contributed by atoms with Gasteiger partial charge >= 0.3 is 0 Å². The van der Waals surface area contributed by atoms with E-state index in [1.165, 1.54) is 15.8 Å². The van der Waals surface area contributed by atoms with Gasteiger partial charge < -0.3 is 0 Å². The Morgan fingerprint density at radius 2 is 1.74 bits per heavy atom. The van der Waals surface area contributed by atoms with Gasteiger partial charge in [0.15, 0.2) is 0 Å². The molecular formula is C15H9Br2ClS. The highest BCUT2D eigenvalue weighted by atomic mass is 79.9. The predicted molar refractivity (Wildman–Crippen MR) is 91.7 cm³/mol. The van der Waals surface area contributed by atoms with Crippen molar-refractivity contribution in [1.82, 2.24) is 0 Å². The largest absolute Gasteiger partial charge is 0.146 e. The molecule has 1 atom stereocenters. The molecule has 0 saturated carbocycles. The predicted octanol–water partition coefficient (Wildman–Crippen LogP) is 6.80. The topological polar surface area (TPSA) is 0 Å². The lowest BCUT2D eigenvalue weighted by Gasteiger charge is -2.13. The average Bonchev–Trinajstić information content (AvgIpc) is 2.85. The minimum atomic E-state index is 0.170. The third-order valence-electron chi connectivity index (χ3n) is 3.05. The van der Waals surface area contributed by atoms with Gasteiger partial charge in [-0.25, -0.2) is 0 Å². The Bertz CT molecular complexity index is 736. The van der Waals surface area contributed by atoms with Gasteiger partial charge in [-0.15, -0.1) is 11.3 Å². The fraction of sp³-hybridized carbons (Fsp3) is 0.0667. The second-order valence-electron chi connectivity index (χ2n) is 4.18. The SMILES string of the molecule is Clc1ccc(C(Br)c2sccc2Br)c2ccccc12. The van der Waals surface area contributed by atoms with E-state index in [0.29, 0.717) is 0 Å². The maximum atomic E-state index is 6.27. The average molecular weight is 417 g/mol. The Labute approximate surface area is 137 Å². The molecule has 1 unspecified atom stereocenters. The molecule has 4 heteroatoms. The molecule has 0 bridgehead atoms. The van der Waals surface area contributed by atoms with Crippen LogP contribution in [0.2, 0.25) is 5.02 Å². The quantitative estimate of drug-likeness (QED) is 0.403. The first-order valence-corrected chi connectivity index (χ1v) is 8.69. The van der Waals surface area contributed by atoms with E-state index in [2.05, 4.69) is 61.5 Å². The lowest BCUT2D eigenvalue weighted by atomic mass is 10.0. The van der Waals surface area contributed by atoms with Gasteiger partial charge in [-0.3, -0.25) is 0 Å². The minimum absolute atomic E-state index is 0.170. The van der Waals surface area contributed by atoms with Crippen LogP contribution in [0.15, 0.2) is 52.3 Å². The van der Waals surface area contributed by atoms with Crippen LogP contribution >= 0.6 is 54.8 Å². The van der Waals surface area contributed by atoms with Crippen LogP contribution in [0.25, 0.3) is 10.8 Å². The Kier molecular flexibility index (Phi) is 3.99. The maximum Gasteiger partial charge on any atom is 0.0755 e. The van der Waals surface area contributed by atoms with Crippen molar-refractivity contribution in [3.8, 4) is 0 Å². The molecule has 3 rings (SSSR count). The van der Waals surface area contributed by atoms with Crippen molar-refractivity contribution in [1.29, 1.82) is 0 Å². The van der Waals surface area contributed by atoms with Crippen LogP contribution in [0, 0.1) is 0 Å². The summed E-state index contributed by atoms with van der Waals surface area (Å²) in [5.41, 5.74) is 1.24. The first-order chi connectivity index (χ1) is 9.18. The molecule has 3 aromatic rings. The summed E-state index contributed by atoms with van der Waals surface area (Å²) >= 11 is 15.4. The molecule has 0 radical (unpaired) electrons. The van der Waals surface area contributed by atoms with Crippen molar-refractivity contribution in [2.45, 2.75) is 4.83 Å². The van der Waals surface area contributed by atoms with E-state index in [4.69, 9.17) is 11.6 Å². The zero-order chi connectivity index (χ0) is 13.4. The highest BCUT2D eigenvalue weighted by Gasteiger charge is 2.17. The summed E-state index contributed by atoms with van der Waals surface area (Å²) in [5, 5.41) is 5.17. The molecule has 19 heavy (non-hydrogen) atoms. The molecule has 2 aromatic carbocycles. The Morgan fingerprint density at radius 1 is 1.00 bits per heavy atom. The number of thiophene rings is 1. The molecule has 96 valence electrons. The van der Waals surface area contributed by atoms with Gasteiger partial charge in [-0.05, 0) is 44.4 Å². The lowest BCUT2D eigenvalue weighted by molar-refractivity contribution is 1.24. The molecule has 0 amide bonds. The van der Waals surface area contributed by atoms with Gasteiger partial charge in [-0.2, -0.15) is 0 Å². The summed E-state index contributed by atoms with van der Waals surface area (Å²) in [7, 11) is 0. The van der Waals surface area contributed by atoms with Crippen molar-refractivity contribution in [3.05, 3.63) is 67.8 Å². The summed E-state index contributed by atoms with van der Waals surface area (Å²) in [5.74, 6) is 0. The molecule has 1 aromatic heterocycles. The first-order valence-electron chi connectivity index (χ1n) is 5.72. The number of benzene rings is 2. The molecule has 0 fully saturated rings. The molecule has 0 spiro atoms. The number of hydrogen-bond donors (Lipinski definition) is 0. The zero-order valence-corrected chi connectivity index (χ0v) is 14.5. The number of fused-ring (bicyclic) bond motifs is 1. The normalized spacial score (nSPS) is 12.8. The van der Waals surface area contributed by atoms with Crippen LogP contribution in [0.1, 0.15) is 15.3 Å². The molecule has 0 aliphatic rings. The van der Waals surface area contributed by atoms with E-state index in [-0.39, 0.29) is 4.83 Å². The Morgan fingerprint density at radius 3 is 2.42 bits per heavy atom. The summed E-state index contributed by atoms with van der Waals surface area (Å²) < 4.78 is 1.14. The first kappa shape index (κ1) is 13.6. The molecule has 0 aliphatic heterocycles. The number of rotatable bonds is 2. The minimum Gasteiger partial charge on any atom is -0.146 e. The van der Waals surface area contributed by atoms with E-state index in [1.807, 2.05) is 18.2 Å². The summed E-state index contributed by atoms with van der Waals surface area (Å²) in [6.07, 6.45) is 0. The van der Waals surface area contributed by atoms with Crippen LogP contribution in [0.5, 0.6) is 0 Å². The molecular weight excluding hydrogens is 407 g/mol. The van der Waals surface area contributed by atoms with Gasteiger partial charge in [-0.1, -0.05) is 57.9 Å². The zero-order valence-electron chi connectivity index (χ0n) is 9.74. The van der Waals surface area contributed by atoms with E-state index in [0.717, 1.165) is 14.9 Å². The second-order valence-corrected chi connectivity index (χ2v) is 7.30. The second kappa shape index (κ2) is 5.57. The van der Waals surface area contributed by atoms with Crippen LogP contribution in [0.4, 0.5) is 0 Å². The summed E-state index contributed by atoms with van der Waals surface area (Å²) in [4.78, 5) is 1.44. The van der Waals surface area contributed by atoms with E-state index in [1.54, 1.807) is 11.3 Å². The fourth-order valence-corrected chi connectivity index (χ4v) is 5.23. The molecule has 0 nitrogen and oxygen atoms in total. The van der Waals surface area contributed by atoms with Crippen LogP contribution in [-0.2, 0) is 0 Å². The molecule has 0 aliphatic carbocycles. The van der Waals surface area contributed by atoms with Gasteiger partial charge in [0.2, 0.25) is 0 Å². The summed E-state index contributed by atoms with van der Waals surface area (Å²) in [6, 6.07) is 14.4. The molecule has 0 N–H and O–H groups in total. The smallest absolute Gasteiger partial charge is 0.0755 e. The lowest BCUT2D eigenvalue weighted by Crippen LogP contribution is -1.92. The van der Waals surface area contributed by atoms with Crippen molar-refractivity contribution >= 4 is 65.6 Å². The van der Waals surface area contributed by atoms with Crippen molar-refractivity contribution in [2.75, 3.05) is 0 Å². The van der Waals surface area contributed by atoms with Gasteiger partial charge in [0.05, 0.1) is 4.83 Å². The maximum absolute atomic E-state index is 6.27. The number of hydrogen-bond acceptors (Lipinski definition) is 1. The van der Waals surface area contributed by atoms with Crippen molar-refractivity contribution < 1.29 is 0 Å². The van der Waals surface area contributed by atoms with Crippen LogP contribution in [0.3, 0.4) is 0 Å². The monoisotopic (exact) mass is 414 g/mol. The van der Waals surface area contributed by atoms with Gasteiger partial charge in [0.25, 0.3) is 0 Å². The van der Waals surface area contributed by atoms with E-state index >= 15 is 0 Å². The van der Waals surface area contributed by atoms with Gasteiger partial charge in [0.1, 0.15) is 0 Å². The summed E-state index contributed by atoms with van der Waals surface area (Å²) in [6.45, 7) is 0. The fourth-order valence-electron chi connectivity index (χ4n) is 2.13. The van der Waals surface area contributed by atoms with Crippen molar-refractivity contribution in [2.24, 2.45) is 0 Å². The molecule has 1 heterocycles. The third-order valence-corrected chi connectivity index (χ3v) is 6.57. The highest BCUT2D eigenvalue weighted by molar-refractivity contribution is 9.11. The van der Waals surface area contributed by atoms with E-state index < -0.39 is 0 Å². The van der Waals surface area contributed by atoms with E-state index in [9.17, 15) is 0 Å². The number of halogens is 3. The number of alkyl halides is 1. The van der Waals surface area contributed by atoms with Crippen LogP contribution in [-0.4, -0.2) is 0 Å². The highest BCUT2D eigenvalue weighted by Crippen LogP contribution is 2.42. The Hall–Kier alpha value is -0.350. The van der Waals surface area contributed by atoms with Gasteiger partial charge in [0, 0.05) is 19.8 Å². The standard InChI is InChI=1S/C15H9Br2ClS/c16-12-7-8-19-15(12)14(17)11-5-6-13(18)10-4-2-1-3-9(10)11/h1-8,14H. The van der Waals surface area contributed by atoms with Crippen LogP contribution < -0.4 is 0 Å². The molecule has 0 saturated heterocycles. The third kappa shape index (κ3) is 2.49. The van der Waals surface area contributed by atoms with Crippen molar-refractivity contribution in [3.63, 3.8) is 0 Å². The Balaban J connectivity index is 2.21.